The zero-order valence-electron chi connectivity index (χ0n) is 16.1. The number of nitrogens with one attached hydrogen (secondary N) is 1. The highest BCUT2D eigenvalue weighted by Crippen LogP contribution is 2.38. The summed E-state index contributed by atoms with van der Waals surface area (Å²) in [7, 11) is 1.90. The lowest BCUT2D eigenvalue weighted by atomic mass is 9.87. The fraction of sp³-hybridized carbons (Fsp3) is 0.950. The van der Waals surface area contributed by atoms with Crippen LogP contribution in [0.2, 0.25) is 0 Å². The fourth-order valence-electron chi connectivity index (χ4n) is 4.51. The average Bonchev–Trinajstić information content (AvgIpc) is 3.28. The second kappa shape index (κ2) is 9.77. The molecule has 1 N–H and O–H groups in total. The highest BCUT2D eigenvalue weighted by molar-refractivity contribution is 5.80. The van der Waals surface area contributed by atoms with Crippen LogP contribution in [0.15, 0.2) is 4.99 Å². The number of ether oxygens (including phenoxy) is 2. The quantitative estimate of drug-likeness (QED) is 0.435. The third kappa shape index (κ3) is 5.58. The van der Waals surface area contributed by atoms with Crippen LogP contribution >= 0.6 is 0 Å². The van der Waals surface area contributed by atoms with Gasteiger partial charge >= 0.3 is 0 Å². The maximum Gasteiger partial charge on any atom is 0.193 e. The van der Waals surface area contributed by atoms with Gasteiger partial charge in [-0.05, 0) is 44.9 Å². The molecule has 25 heavy (non-hydrogen) atoms. The Morgan fingerprint density at radius 2 is 2.08 bits per heavy atom. The minimum atomic E-state index is 0.397. The number of likely N-dealkylation sites (tertiary alicyclic amines) is 1. The molecule has 5 heteroatoms. The van der Waals surface area contributed by atoms with E-state index in [4.69, 9.17) is 9.47 Å². The molecule has 0 aromatic heterocycles. The van der Waals surface area contributed by atoms with Crippen LogP contribution in [0.1, 0.15) is 64.2 Å². The first kappa shape index (κ1) is 19.0. The zero-order valence-corrected chi connectivity index (χ0v) is 16.1. The van der Waals surface area contributed by atoms with E-state index in [9.17, 15) is 0 Å². The molecule has 5 nitrogen and oxygen atoms in total. The largest absolute Gasteiger partial charge is 0.381 e. The molecule has 2 heterocycles. The molecule has 2 saturated heterocycles. The molecule has 3 aliphatic rings. The van der Waals surface area contributed by atoms with Crippen molar-refractivity contribution in [1.29, 1.82) is 0 Å². The van der Waals surface area contributed by atoms with Gasteiger partial charge in [-0.25, -0.2) is 0 Å². The van der Waals surface area contributed by atoms with Crippen molar-refractivity contribution >= 4 is 5.96 Å². The molecular formula is C20H37N3O2. The SMILES string of the molecule is CN=C(NCCCCCOC1CCCCC1)N1CCC2(CCOC2)C1. The molecule has 1 spiro atoms. The maximum atomic E-state index is 6.00. The standard InChI is InChI=1S/C20H37N3O2/c1-21-19(23-13-10-20(16-23)11-15-24-17-20)22-12-6-3-7-14-25-18-8-4-2-5-9-18/h18H,2-17H2,1H3,(H,21,22). The van der Waals surface area contributed by atoms with E-state index in [1.807, 2.05) is 7.05 Å². The molecule has 1 aliphatic carbocycles. The Labute approximate surface area is 153 Å². The van der Waals surface area contributed by atoms with E-state index >= 15 is 0 Å². The average molecular weight is 352 g/mol. The maximum absolute atomic E-state index is 6.00. The van der Waals surface area contributed by atoms with Gasteiger partial charge in [-0.3, -0.25) is 4.99 Å². The number of rotatable bonds is 7. The van der Waals surface area contributed by atoms with Crippen LogP contribution in [-0.4, -0.2) is 63.5 Å². The van der Waals surface area contributed by atoms with E-state index in [1.165, 1.54) is 64.2 Å². The van der Waals surface area contributed by atoms with Crippen LogP contribution in [0, 0.1) is 5.41 Å². The molecule has 0 amide bonds. The van der Waals surface area contributed by atoms with Gasteiger partial charge in [0.15, 0.2) is 5.96 Å². The smallest absolute Gasteiger partial charge is 0.193 e. The van der Waals surface area contributed by atoms with E-state index in [-0.39, 0.29) is 0 Å². The van der Waals surface area contributed by atoms with Gasteiger partial charge in [0.05, 0.1) is 12.7 Å². The normalized spacial score (nSPS) is 28.2. The first-order valence-corrected chi connectivity index (χ1v) is 10.5. The van der Waals surface area contributed by atoms with Crippen molar-refractivity contribution in [2.75, 3.05) is 46.5 Å². The van der Waals surface area contributed by atoms with Crippen molar-refractivity contribution in [3.05, 3.63) is 0 Å². The van der Waals surface area contributed by atoms with Crippen molar-refractivity contribution in [2.24, 2.45) is 10.4 Å². The van der Waals surface area contributed by atoms with Gasteiger partial charge in [-0.15, -0.1) is 0 Å². The summed E-state index contributed by atoms with van der Waals surface area (Å²) in [6, 6.07) is 0. The predicted molar refractivity (Wildman–Crippen MR) is 102 cm³/mol. The third-order valence-corrected chi connectivity index (χ3v) is 6.14. The summed E-state index contributed by atoms with van der Waals surface area (Å²) in [5, 5.41) is 3.55. The number of hydrogen-bond acceptors (Lipinski definition) is 3. The first-order chi connectivity index (χ1) is 12.3. The number of nitrogens with zero attached hydrogens (tertiary/aromatic N) is 2. The highest BCUT2D eigenvalue weighted by Gasteiger charge is 2.42. The summed E-state index contributed by atoms with van der Waals surface area (Å²) in [6.45, 7) is 6.02. The Hall–Kier alpha value is -0.810. The van der Waals surface area contributed by atoms with Crippen molar-refractivity contribution in [3.8, 4) is 0 Å². The summed E-state index contributed by atoms with van der Waals surface area (Å²) < 4.78 is 11.6. The van der Waals surface area contributed by atoms with Gasteiger partial charge < -0.3 is 19.7 Å². The van der Waals surface area contributed by atoms with Crippen LogP contribution in [-0.2, 0) is 9.47 Å². The summed E-state index contributed by atoms with van der Waals surface area (Å²) in [5.41, 5.74) is 0.397. The van der Waals surface area contributed by atoms with Gasteiger partial charge in [0.25, 0.3) is 0 Å². The van der Waals surface area contributed by atoms with Crippen molar-refractivity contribution in [1.82, 2.24) is 10.2 Å². The molecule has 0 bridgehead atoms. The molecule has 1 unspecified atom stereocenters. The highest BCUT2D eigenvalue weighted by atomic mass is 16.5. The second-order valence-corrected chi connectivity index (χ2v) is 8.14. The monoisotopic (exact) mass is 351 g/mol. The summed E-state index contributed by atoms with van der Waals surface area (Å²) >= 11 is 0. The number of aliphatic imine (C=N–C) groups is 1. The summed E-state index contributed by atoms with van der Waals surface area (Å²) in [5.74, 6) is 1.07. The zero-order chi connectivity index (χ0) is 17.4. The molecule has 0 aromatic rings. The van der Waals surface area contributed by atoms with Gasteiger partial charge in [0, 0.05) is 45.3 Å². The van der Waals surface area contributed by atoms with Crippen LogP contribution < -0.4 is 5.32 Å². The molecule has 0 aromatic carbocycles. The third-order valence-electron chi connectivity index (χ3n) is 6.14. The first-order valence-electron chi connectivity index (χ1n) is 10.5. The molecule has 3 fully saturated rings. The molecule has 144 valence electrons. The Balaban J connectivity index is 1.24. The van der Waals surface area contributed by atoms with Gasteiger partial charge in [-0.2, -0.15) is 0 Å². The Morgan fingerprint density at radius 1 is 1.20 bits per heavy atom. The van der Waals surface area contributed by atoms with E-state index in [0.717, 1.165) is 45.4 Å². The molecule has 2 aliphatic heterocycles. The van der Waals surface area contributed by atoms with Crippen LogP contribution in [0.3, 0.4) is 0 Å². The summed E-state index contributed by atoms with van der Waals surface area (Å²) in [4.78, 5) is 6.90. The number of hydrogen-bond donors (Lipinski definition) is 1. The van der Waals surface area contributed by atoms with E-state index in [1.54, 1.807) is 0 Å². The summed E-state index contributed by atoms with van der Waals surface area (Å²) in [6.07, 6.45) is 13.3. The van der Waals surface area contributed by atoms with Crippen molar-refractivity contribution in [3.63, 3.8) is 0 Å². The van der Waals surface area contributed by atoms with Crippen LogP contribution in [0.5, 0.6) is 0 Å². The molecule has 3 rings (SSSR count). The lowest BCUT2D eigenvalue weighted by Gasteiger charge is -2.25. The molecule has 0 radical (unpaired) electrons. The molecule has 1 saturated carbocycles. The van der Waals surface area contributed by atoms with Gasteiger partial charge in [0.1, 0.15) is 0 Å². The minimum absolute atomic E-state index is 0.397. The Bertz CT molecular complexity index is 415. The lowest BCUT2D eigenvalue weighted by molar-refractivity contribution is 0.0264. The van der Waals surface area contributed by atoms with Gasteiger partial charge in [-0.1, -0.05) is 19.3 Å². The predicted octanol–water partition coefficient (Wildman–Crippen LogP) is 3.19. The number of unbranched alkanes of at least 4 members (excludes halogenated alkanes) is 2. The molecular weight excluding hydrogens is 314 g/mol. The van der Waals surface area contributed by atoms with E-state index < -0.39 is 0 Å². The van der Waals surface area contributed by atoms with Crippen molar-refractivity contribution in [2.45, 2.75) is 70.3 Å². The lowest BCUT2D eigenvalue weighted by Crippen LogP contribution is -2.41. The number of guanidine groups is 1. The van der Waals surface area contributed by atoms with Crippen LogP contribution in [0.25, 0.3) is 0 Å². The van der Waals surface area contributed by atoms with Crippen molar-refractivity contribution < 1.29 is 9.47 Å². The Morgan fingerprint density at radius 3 is 2.84 bits per heavy atom. The molecule has 1 atom stereocenters. The second-order valence-electron chi connectivity index (χ2n) is 8.14. The van der Waals surface area contributed by atoms with E-state index in [0.29, 0.717) is 11.5 Å². The fourth-order valence-corrected chi connectivity index (χ4v) is 4.51. The van der Waals surface area contributed by atoms with Crippen LogP contribution in [0.4, 0.5) is 0 Å². The minimum Gasteiger partial charge on any atom is -0.381 e. The van der Waals surface area contributed by atoms with Gasteiger partial charge in [0.2, 0.25) is 0 Å². The van der Waals surface area contributed by atoms with E-state index in [2.05, 4.69) is 15.2 Å². The Kier molecular flexibility index (Phi) is 7.41. The topological polar surface area (TPSA) is 46.1 Å².